The summed E-state index contributed by atoms with van der Waals surface area (Å²) in [5.41, 5.74) is 7.17. The van der Waals surface area contributed by atoms with E-state index in [1.54, 1.807) is 26.0 Å². The highest BCUT2D eigenvalue weighted by molar-refractivity contribution is 6.07. The second-order valence-electron chi connectivity index (χ2n) is 5.56. The molecule has 0 atom stereocenters. The molecular formula is C18H17N3O3. The predicted molar refractivity (Wildman–Crippen MR) is 89.6 cm³/mol. The van der Waals surface area contributed by atoms with E-state index in [0.29, 0.717) is 22.6 Å². The number of furan rings is 1. The minimum absolute atomic E-state index is 0.392. The average Bonchev–Trinajstić information content (AvgIpc) is 2.90. The Morgan fingerprint density at radius 3 is 2.29 bits per heavy atom. The molecule has 0 aliphatic heterocycles. The summed E-state index contributed by atoms with van der Waals surface area (Å²) in [6.07, 6.45) is 0. The fourth-order valence-electron chi connectivity index (χ4n) is 2.60. The Morgan fingerprint density at radius 1 is 0.958 bits per heavy atom. The zero-order chi connectivity index (χ0) is 17.3. The molecule has 0 saturated heterocycles. The van der Waals surface area contributed by atoms with Gasteiger partial charge in [0.15, 0.2) is 0 Å². The van der Waals surface area contributed by atoms with Crippen LogP contribution >= 0.6 is 0 Å². The molecule has 6 nitrogen and oxygen atoms in total. The Bertz CT molecular complexity index is 944. The highest BCUT2D eigenvalue weighted by Crippen LogP contribution is 2.18. The third-order valence-electron chi connectivity index (χ3n) is 3.66. The number of para-hydroxylation sites is 1. The van der Waals surface area contributed by atoms with Crippen LogP contribution in [0.4, 0.5) is 0 Å². The molecule has 3 rings (SSSR count). The SMILES string of the molecule is Cc1cc(C(=O)NNC(=O)c2cc(C)oc2C)c2ccccc2n1. The fraction of sp³-hybridized carbons (Fsp3) is 0.167. The molecule has 2 heterocycles. The predicted octanol–water partition coefficient (Wildman–Crippen LogP) is 2.83. The van der Waals surface area contributed by atoms with Crippen LogP contribution in [0.15, 0.2) is 40.8 Å². The standard InChI is InChI=1S/C18H17N3O3/c1-10-8-15(13-6-4-5-7-16(13)19-10)18(23)21-20-17(22)14-9-11(2)24-12(14)3/h4-9H,1-3H3,(H,20,22)(H,21,23). The summed E-state index contributed by atoms with van der Waals surface area (Å²) in [6, 6.07) is 10.7. The third kappa shape index (κ3) is 2.99. The Hall–Kier alpha value is -3.15. The van der Waals surface area contributed by atoms with Gasteiger partial charge in [0.25, 0.3) is 11.8 Å². The van der Waals surface area contributed by atoms with Crippen molar-refractivity contribution >= 4 is 22.7 Å². The van der Waals surface area contributed by atoms with Crippen LogP contribution in [-0.2, 0) is 0 Å². The molecule has 24 heavy (non-hydrogen) atoms. The number of pyridine rings is 1. The van der Waals surface area contributed by atoms with Crippen LogP contribution in [0.3, 0.4) is 0 Å². The second kappa shape index (κ2) is 6.16. The number of hydrazine groups is 1. The van der Waals surface area contributed by atoms with Crippen molar-refractivity contribution in [3.63, 3.8) is 0 Å². The van der Waals surface area contributed by atoms with Crippen molar-refractivity contribution in [3.8, 4) is 0 Å². The van der Waals surface area contributed by atoms with Crippen LogP contribution in [0.2, 0.25) is 0 Å². The number of aromatic nitrogens is 1. The van der Waals surface area contributed by atoms with Crippen molar-refractivity contribution in [1.82, 2.24) is 15.8 Å². The summed E-state index contributed by atoms with van der Waals surface area (Å²) in [7, 11) is 0. The molecule has 0 bridgehead atoms. The minimum atomic E-state index is -0.423. The van der Waals surface area contributed by atoms with Crippen molar-refractivity contribution < 1.29 is 14.0 Å². The van der Waals surface area contributed by atoms with E-state index in [1.165, 1.54) is 0 Å². The average molecular weight is 323 g/mol. The monoisotopic (exact) mass is 323 g/mol. The Balaban J connectivity index is 1.81. The van der Waals surface area contributed by atoms with E-state index in [1.807, 2.05) is 31.2 Å². The summed E-state index contributed by atoms with van der Waals surface area (Å²) in [6.45, 7) is 5.27. The van der Waals surface area contributed by atoms with E-state index >= 15 is 0 Å². The summed E-state index contributed by atoms with van der Waals surface area (Å²) in [4.78, 5) is 29.0. The van der Waals surface area contributed by atoms with Crippen molar-refractivity contribution in [1.29, 1.82) is 0 Å². The van der Waals surface area contributed by atoms with Crippen LogP contribution in [0.1, 0.15) is 37.9 Å². The molecule has 2 aromatic heterocycles. The van der Waals surface area contributed by atoms with Gasteiger partial charge in [-0.25, -0.2) is 0 Å². The quantitative estimate of drug-likeness (QED) is 0.710. The minimum Gasteiger partial charge on any atom is -0.466 e. The lowest BCUT2D eigenvalue weighted by molar-refractivity contribution is 0.0846. The maximum absolute atomic E-state index is 12.5. The first kappa shape index (κ1) is 15.7. The normalized spacial score (nSPS) is 10.6. The largest absolute Gasteiger partial charge is 0.466 e. The van der Waals surface area contributed by atoms with Crippen molar-refractivity contribution in [2.45, 2.75) is 20.8 Å². The van der Waals surface area contributed by atoms with Gasteiger partial charge in [-0.15, -0.1) is 0 Å². The molecule has 0 fully saturated rings. The highest BCUT2D eigenvalue weighted by Gasteiger charge is 2.16. The first-order valence-corrected chi connectivity index (χ1v) is 7.50. The topological polar surface area (TPSA) is 84.2 Å². The van der Waals surface area contributed by atoms with E-state index in [2.05, 4.69) is 15.8 Å². The molecule has 3 aromatic rings. The van der Waals surface area contributed by atoms with Gasteiger partial charge in [-0.1, -0.05) is 18.2 Å². The van der Waals surface area contributed by atoms with E-state index in [4.69, 9.17) is 4.42 Å². The number of carbonyl (C=O) groups is 2. The van der Waals surface area contributed by atoms with Gasteiger partial charge in [-0.2, -0.15) is 0 Å². The lowest BCUT2D eigenvalue weighted by Gasteiger charge is -2.10. The van der Waals surface area contributed by atoms with Gasteiger partial charge in [0, 0.05) is 11.1 Å². The van der Waals surface area contributed by atoms with Gasteiger partial charge in [0.1, 0.15) is 11.5 Å². The lowest BCUT2D eigenvalue weighted by atomic mass is 10.1. The Labute approximate surface area is 138 Å². The van der Waals surface area contributed by atoms with Gasteiger partial charge >= 0.3 is 0 Å². The number of amides is 2. The molecular weight excluding hydrogens is 306 g/mol. The zero-order valence-corrected chi connectivity index (χ0v) is 13.6. The molecule has 122 valence electrons. The number of nitrogens with zero attached hydrogens (tertiary/aromatic N) is 1. The van der Waals surface area contributed by atoms with Crippen LogP contribution in [0, 0.1) is 20.8 Å². The van der Waals surface area contributed by atoms with E-state index in [9.17, 15) is 9.59 Å². The van der Waals surface area contributed by atoms with E-state index in [0.717, 1.165) is 16.6 Å². The smallest absolute Gasteiger partial charge is 0.273 e. The first-order chi connectivity index (χ1) is 11.5. The van der Waals surface area contributed by atoms with Crippen molar-refractivity contribution in [3.05, 3.63) is 64.7 Å². The van der Waals surface area contributed by atoms with Crippen LogP contribution in [-0.4, -0.2) is 16.8 Å². The summed E-state index contributed by atoms with van der Waals surface area (Å²) < 4.78 is 5.32. The highest BCUT2D eigenvalue weighted by atomic mass is 16.3. The molecule has 1 aromatic carbocycles. The molecule has 6 heteroatoms. The maximum Gasteiger partial charge on any atom is 0.273 e. The van der Waals surface area contributed by atoms with Crippen molar-refractivity contribution in [2.75, 3.05) is 0 Å². The molecule has 0 aliphatic carbocycles. The summed E-state index contributed by atoms with van der Waals surface area (Å²) in [5.74, 6) is 0.319. The molecule has 2 N–H and O–H groups in total. The number of hydrogen-bond acceptors (Lipinski definition) is 4. The van der Waals surface area contributed by atoms with Crippen molar-refractivity contribution in [2.24, 2.45) is 0 Å². The Kier molecular flexibility index (Phi) is 4.04. The van der Waals surface area contributed by atoms with Gasteiger partial charge in [0.05, 0.1) is 16.6 Å². The van der Waals surface area contributed by atoms with Crippen LogP contribution < -0.4 is 10.9 Å². The lowest BCUT2D eigenvalue weighted by Crippen LogP contribution is -2.41. The molecule has 0 spiro atoms. The number of aryl methyl sites for hydroxylation is 3. The van der Waals surface area contributed by atoms with Crippen LogP contribution in [0.25, 0.3) is 10.9 Å². The van der Waals surface area contributed by atoms with Gasteiger partial charge in [-0.05, 0) is 39.0 Å². The molecule has 0 aliphatic rings. The number of fused-ring (bicyclic) bond motifs is 1. The number of carbonyl (C=O) groups excluding carboxylic acids is 2. The Morgan fingerprint density at radius 2 is 1.62 bits per heavy atom. The first-order valence-electron chi connectivity index (χ1n) is 7.50. The number of rotatable bonds is 2. The molecule has 0 saturated carbocycles. The molecule has 0 unspecified atom stereocenters. The second-order valence-corrected chi connectivity index (χ2v) is 5.56. The fourth-order valence-corrected chi connectivity index (χ4v) is 2.60. The number of hydrogen-bond donors (Lipinski definition) is 2. The summed E-state index contributed by atoms with van der Waals surface area (Å²) >= 11 is 0. The third-order valence-corrected chi connectivity index (χ3v) is 3.66. The zero-order valence-electron chi connectivity index (χ0n) is 13.6. The number of benzene rings is 1. The van der Waals surface area contributed by atoms with Gasteiger partial charge in [-0.3, -0.25) is 25.4 Å². The number of nitrogens with one attached hydrogen (secondary N) is 2. The molecule has 0 radical (unpaired) electrons. The molecule has 2 amide bonds. The van der Waals surface area contributed by atoms with Gasteiger partial charge in [0.2, 0.25) is 0 Å². The van der Waals surface area contributed by atoms with Crippen LogP contribution in [0.5, 0.6) is 0 Å². The van der Waals surface area contributed by atoms with Gasteiger partial charge < -0.3 is 4.42 Å². The summed E-state index contributed by atoms with van der Waals surface area (Å²) in [5, 5.41) is 0.727. The maximum atomic E-state index is 12.5. The van der Waals surface area contributed by atoms with E-state index in [-0.39, 0.29) is 0 Å². The van der Waals surface area contributed by atoms with E-state index < -0.39 is 11.8 Å².